The van der Waals surface area contributed by atoms with Crippen LogP contribution in [0.3, 0.4) is 0 Å². The fourth-order valence-electron chi connectivity index (χ4n) is 2.01. The van der Waals surface area contributed by atoms with E-state index in [9.17, 15) is 14.3 Å². The van der Waals surface area contributed by atoms with E-state index in [1.54, 1.807) is 19.4 Å². The number of hydrogen-bond acceptors (Lipinski definition) is 3. The summed E-state index contributed by atoms with van der Waals surface area (Å²) in [6.45, 7) is 0.329. The van der Waals surface area contributed by atoms with Crippen molar-refractivity contribution in [1.82, 2.24) is 4.90 Å². The van der Waals surface area contributed by atoms with Gasteiger partial charge in [-0.2, -0.15) is 0 Å². The summed E-state index contributed by atoms with van der Waals surface area (Å²) in [7, 11) is 1.66. The number of aliphatic hydroxyl groups is 1. The van der Waals surface area contributed by atoms with Crippen molar-refractivity contribution in [2.45, 2.75) is 23.8 Å². The Morgan fingerprint density at radius 2 is 2.26 bits per heavy atom. The monoisotopic (exact) mass is 283 g/mol. The molecule has 19 heavy (non-hydrogen) atoms. The molecule has 1 N–H and O–H groups in total. The molecular formula is C14H18FNO2S. The molecule has 104 valence electrons. The van der Waals surface area contributed by atoms with Crippen LogP contribution in [-0.4, -0.2) is 41.9 Å². The first-order valence-electron chi connectivity index (χ1n) is 6.30. The number of aliphatic hydroxyl groups excluding tert-OH is 1. The van der Waals surface area contributed by atoms with Crippen LogP contribution in [0.2, 0.25) is 0 Å². The van der Waals surface area contributed by atoms with Crippen molar-refractivity contribution < 1.29 is 14.3 Å². The van der Waals surface area contributed by atoms with Gasteiger partial charge in [-0.05, 0) is 43.2 Å². The maximum Gasteiger partial charge on any atom is 0.253 e. The summed E-state index contributed by atoms with van der Waals surface area (Å²) in [5.41, 5.74) is 0.455. The summed E-state index contributed by atoms with van der Waals surface area (Å²) < 4.78 is 13.4. The van der Waals surface area contributed by atoms with E-state index in [1.807, 2.05) is 0 Å². The number of hydrogen-bond donors (Lipinski definition) is 1. The zero-order valence-electron chi connectivity index (χ0n) is 11.1. The van der Waals surface area contributed by atoms with Gasteiger partial charge in [0.25, 0.3) is 5.91 Å². The van der Waals surface area contributed by atoms with Crippen LogP contribution in [0.25, 0.3) is 0 Å². The van der Waals surface area contributed by atoms with Crippen LogP contribution in [-0.2, 0) is 0 Å². The fourth-order valence-corrected chi connectivity index (χ4v) is 2.51. The van der Waals surface area contributed by atoms with E-state index in [4.69, 9.17) is 0 Å². The second kappa shape index (κ2) is 5.92. The molecule has 1 atom stereocenters. The number of thioether (sulfide) groups is 1. The summed E-state index contributed by atoms with van der Waals surface area (Å²) in [5, 5.41) is 9.84. The molecule has 0 aliphatic heterocycles. The summed E-state index contributed by atoms with van der Waals surface area (Å²) in [5.74, 6) is -0.162. The smallest absolute Gasteiger partial charge is 0.253 e. The molecule has 1 aliphatic rings. The van der Waals surface area contributed by atoms with Gasteiger partial charge in [-0.25, -0.2) is 4.39 Å². The van der Waals surface area contributed by atoms with Crippen LogP contribution in [0.5, 0.6) is 0 Å². The number of halogens is 1. The number of likely N-dealkylation sites (N-methyl/N-ethyl adjacent to an activating group) is 1. The zero-order valence-corrected chi connectivity index (χ0v) is 11.9. The molecule has 1 unspecified atom stereocenters. The molecule has 1 aromatic rings. The van der Waals surface area contributed by atoms with Crippen LogP contribution in [0, 0.1) is 11.7 Å². The highest BCUT2D eigenvalue weighted by Crippen LogP contribution is 2.32. The largest absolute Gasteiger partial charge is 0.391 e. The predicted octanol–water partition coefficient (Wildman–Crippen LogP) is 2.39. The first-order chi connectivity index (χ1) is 9.02. The van der Waals surface area contributed by atoms with Crippen molar-refractivity contribution >= 4 is 17.7 Å². The van der Waals surface area contributed by atoms with E-state index in [2.05, 4.69) is 0 Å². The minimum atomic E-state index is -0.450. The van der Waals surface area contributed by atoms with Gasteiger partial charge in [-0.15, -0.1) is 11.8 Å². The van der Waals surface area contributed by atoms with Crippen molar-refractivity contribution in [3.8, 4) is 0 Å². The van der Waals surface area contributed by atoms with Crippen molar-refractivity contribution in [2.24, 2.45) is 5.92 Å². The van der Waals surface area contributed by atoms with Crippen LogP contribution in [0.4, 0.5) is 4.39 Å². The van der Waals surface area contributed by atoms with E-state index >= 15 is 0 Å². The van der Waals surface area contributed by atoms with Gasteiger partial charge < -0.3 is 10.0 Å². The average Bonchev–Trinajstić information content (AvgIpc) is 3.22. The van der Waals surface area contributed by atoms with Crippen LogP contribution >= 0.6 is 11.8 Å². The number of amides is 1. The van der Waals surface area contributed by atoms with Gasteiger partial charge >= 0.3 is 0 Å². The predicted molar refractivity (Wildman–Crippen MR) is 73.9 cm³/mol. The minimum absolute atomic E-state index is 0.185. The molecule has 5 heteroatoms. The lowest BCUT2D eigenvalue weighted by molar-refractivity contribution is 0.0645. The van der Waals surface area contributed by atoms with Gasteiger partial charge in [0.05, 0.1) is 6.10 Å². The molecule has 0 spiro atoms. The Hall–Kier alpha value is -1.07. The van der Waals surface area contributed by atoms with E-state index in [0.717, 1.165) is 12.8 Å². The number of benzene rings is 1. The molecular weight excluding hydrogens is 265 g/mol. The van der Waals surface area contributed by atoms with Crippen LogP contribution in [0.1, 0.15) is 23.2 Å². The summed E-state index contributed by atoms with van der Waals surface area (Å²) in [6, 6.07) is 4.35. The molecule has 1 saturated carbocycles. The topological polar surface area (TPSA) is 40.5 Å². The molecule has 0 aromatic heterocycles. The lowest BCUT2D eigenvalue weighted by Gasteiger charge is -2.21. The second-order valence-electron chi connectivity index (χ2n) is 4.94. The molecule has 0 heterocycles. The average molecular weight is 283 g/mol. The summed E-state index contributed by atoms with van der Waals surface area (Å²) >= 11 is 1.27. The minimum Gasteiger partial charge on any atom is -0.391 e. The Bertz CT molecular complexity index is 477. The van der Waals surface area contributed by atoms with E-state index in [1.165, 1.54) is 28.8 Å². The Balaban J connectivity index is 2.05. The van der Waals surface area contributed by atoms with Gasteiger partial charge in [-0.1, -0.05) is 0 Å². The van der Waals surface area contributed by atoms with Gasteiger partial charge in [0.2, 0.25) is 0 Å². The first kappa shape index (κ1) is 14.3. The third-order valence-electron chi connectivity index (χ3n) is 3.37. The number of rotatable bonds is 5. The summed E-state index contributed by atoms with van der Waals surface area (Å²) in [4.78, 5) is 14.1. The molecule has 2 rings (SSSR count). The SMILES string of the molecule is CSc1cc(C(=O)N(C)CC(O)C2CC2)ccc1F. The molecule has 1 amide bonds. The Kier molecular flexibility index (Phi) is 4.47. The van der Waals surface area contributed by atoms with Crippen LogP contribution in [0.15, 0.2) is 23.1 Å². The maximum atomic E-state index is 13.4. The molecule has 0 bridgehead atoms. The lowest BCUT2D eigenvalue weighted by Crippen LogP contribution is -2.35. The highest BCUT2D eigenvalue weighted by atomic mass is 32.2. The lowest BCUT2D eigenvalue weighted by atomic mass is 10.1. The van der Waals surface area contributed by atoms with Gasteiger partial charge in [0, 0.05) is 24.1 Å². The highest BCUT2D eigenvalue weighted by Gasteiger charge is 2.31. The van der Waals surface area contributed by atoms with Crippen molar-refractivity contribution in [3.05, 3.63) is 29.6 Å². The summed E-state index contributed by atoms with van der Waals surface area (Å²) in [6.07, 6.45) is 3.40. The zero-order chi connectivity index (χ0) is 14.0. The Morgan fingerprint density at radius 3 is 2.84 bits per heavy atom. The molecule has 1 aliphatic carbocycles. The quantitative estimate of drug-likeness (QED) is 0.844. The number of nitrogens with zero attached hydrogens (tertiary/aromatic N) is 1. The standard InChI is InChI=1S/C14H18FNO2S/c1-16(8-12(17)9-3-4-9)14(18)10-5-6-11(15)13(7-10)19-2/h5-7,9,12,17H,3-4,8H2,1-2H3. The first-order valence-corrected chi connectivity index (χ1v) is 7.52. The van der Waals surface area contributed by atoms with E-state index in [-0.39, 0.29) is 11.7 Å². The fraction of sp³-hybridized carbons (Fsp3) is 0.500. The maximum absolute atomic E-state index is 13.4. The highest BCUT2D eigenvalue weighted by molar-refractivity contribution is 7.98. The van der Waals surface area contributed by atoms with Crippen molar-refractivity contribution in [2.75, 3.05) is 19.8 Å². The van der Waals surface area contributed by atoms with Gasteiger partial charge in [0.15, 0.2) is 0 Å². The van der Waals surface area contributed by atoms with Crippen LogP contribution < -0.4 is 0 Å². The Morgan fingerprint density at radius 1 is 1.58 bits per heavy atom. The van der Waals surface area contributed by atoms with E-state index < -0.39 is 6.10 Å². The Labute approximate surface area is 116 Å². The van der Waals surface area contributed by atoms with Crippen molar-refractivity contribution in [1.29, 1.82) is 0 Å². The molecule has 0 radical (unpaired) electrons. The second-order valence-corrected chi connectivity index (χ2v) is 5.79. The molecule has 0 saturated heterocycles. The van der Waals surface area contributed by atoms with Gasteiger partial charge in [0.1, 0.15) is 5.82 Å². The third kappa shape index (κ3) is 3.48. The molecule has 3 nitrogen and oxygen atoms in total. The third-order valence-corrected chi connectivity index (χ3v) is 4.12. The molecule has 1 aromatic carbocycles. The number of carbonyl (C=O) groups excluding carboxylic acids is 1. The number of carbonyl (C=O) groups is 1. The normalized spacial score (nSPS) is 16.2. The molecule has 1 fully saturated rings. The van der Waals surface area contributed by atoms with Gasteiger partial charge in [-0.3, -0.25) is 4.79 Å². The van der Waals surface area contributed by atoms with E-state index in [0.29, 0.717) is 22.9 Å². The van der Waals surface area contributed by atoms with Crippen molar-refractivity contribution in [3.63, 3.8) is 0 Å².